The van der Waals surface area contributed by atoms with E-state index in [9.17, 15) is 0 Å². The Kier molecular flexibility index (Phi) is 35.3. The zero-order valence-corrected chi connectivity index (χ0v) is 30.8. The third-order valence-electron chi connectivity index (χ3n) is 9.94. The molecule has 0 spiro atoms. The summed E-state index contributed by atoms with van der Waals surface area (Å²) in [5, 5.41) is 0. The molecule has 0 saturated heterocycles. The zero-order chi connectivity index (χ0) is 30.0. The summed E-state index contributed by atoms with van der Waals surface area (Å²) in [6.07, 6.45) is 54.2. The summed E-state index contributed by atoms with van der Waals surface area (Å²) in [6, 6.07) is 0. The van der Waals surface area contributed by atoms with Gasteiger partial charge in [-0.2, -0.15) is 0 Å². The van der Waals surface area contributed by atoms with Gasteiger partial charge in [0.15, 0.2) is 0 Å². The van der Waals surface area contributed by atoms with E-state index in [1.807, 2.05) is 0 Å². The van der Waals surface area contributed by atoms with Gasteiger partial charge in [-0.05, 0) is 51.4 Å². The highest BCUT2D eigenvalue weighted by Gasteiger charge is 2.34. The van der Waals surface area contributed by atoms with Gasteiger partial charge >= 0.3 is 0 Å². The summed E-state index contributed by atoms with van der Waals surface area (Å²) >= 11 is 0. The molecule has 0 bridgehead atoms. The van der Waals surface area contributed by atoms with E-state index in [-0.39, 0.29) is 0 Å². The van der Waals surface area contributed by atoms with E-state index in [1.165, 1.54) is 180 Å². The Labute approximate surface area is 264 Å². The van der Waals surface area contributed by atoms with Crippen LogP contribution in [0.4, 0.5) is 0 Å². The second-order valence-electron chi connectivity index (χ2n) is 14.1. The highest BCUT2D eigenvalue weighted by atomic mass is 31.2. The van der Waals surface area contributed by atoms with Gasteiger partial charge in [-0.25, -0.2) is 0 Å². The Morgan fingerprint density at radius 2 is 0.341 bits per heavy atom. The fourth-order valence-corrected chi connectivity index (χ4v) is 11.9. The van der Waals surface area contributed by atoms with Crippen LogP contribution in [0.15, 0.2) is 0 Å². The largest absolute Gasteiger partial charge is 0.0654 e. The second kappa shape index (κ2) is 34.9. The molecule has 0 fully saturated rings. The van der Waals surface area contributed by atoms with Crippen molar-refractivity contribution in [1.29, 1.82) is 0 Å². The van der Waals surface area contributed by atoms with Crippen molar-refractivity contribution < 1.29 is 0 Å². The summed E-state index contributed by atoms with van der Waals surface area (Å²) in [5.41, 5.74) is 0. The highest BCUT2D eigenvalue weighted by Crippen LogP contribution is 2.61. The molecule has 0 radical (unpaired) electrons. The fraction of sp³-hybridized carbons (Fsp3) is 1.00. The van der Waals surface area contributed by atoms with Gasteiger partial charge in [-0.1, -0.05) is 182 Å². The van der Waals surface area contributed by atoms with Crippen LogP contribution < -0.4 is 0 Å². The zero-order valence-electron chi connectivity index (χ0n) is 29.9. The molecule has 0 aromatic carbocycles. The molecule has 0 aliphatic rings. The van der Waals surface area contributed by atoms with Crippen LogP contribution >= 0.6 is 7.26 Å². The molecule has 0 atom stereocenters. The SMILES string of the molecule is CCCCCCCCCCC[P+](CCCCCCC)(CCCCCCCCCCC)CCCCCCCCCCC. The topological polar surface area (TPSA) is 0 Å². The molecule has 0 aliphatic carbocycles. The Bertz CT molecular complexity index is 403. The highest BCUT2D eigenvalue weighted by molar-refractivity contribution is 7.75. The van der Waals surface area contributed by atoms with Gasteiger partial charge in [0, 0.05) is 7.26 Å². The van der Waals surface area contributed by atoms with Gasteiger partial charge in [0.2, 0.25) is 0 Å². The number of hydrogen-bond acceptors (Lipinski definition) is 0. The van der Waals surface area contributed by atoms with E-state index in [2.05, 4.69) is 27.7 Å². The predicted molar refractivity (Wildman–Crippen MR) is 197 cm³/mol. The summed E-state index contributed by atoms with van der Waals surface area (Å²) in [5.74, 6) is 0. The first kappa shape index (κ1) is 41.4. The molecule has 0 N–H and O–H groups in total. The fourth-order valence-electron chi connectivity index (χ4n) is 7.00. The van der Waals surface area contributed by atoms with Crippen LogP contribution in [-0.2, 0) is 0 Å². The average Bonchev–Trinajstić information content (AvgIpc) is 2.98. The van der Waals surface area contributed by atoms with Crippen LogP contribution in [0.25, 0.3) is 0 Å². The van der Waals surface area contributed by atoms with Crippen LogP contribution in [0, 0.1) is 0 Å². The normalized spacial score (nSPS) is 12.0. The molecule has 248 valence electrons. The minimum atomic E-state index is -0.756. The van der Waals surface area contributed by atoms with E-state index < -0.39 is 7.26 Å². The molecule has 0 heterocycles. The number of hydrogen-bond donors (Lipinski definition) is 0. The van der Waals surface area contributed by atoms with Crippen LogP contribution in [-0.4, -0.2) is 24.6 Å². The van der Waals surface area contributed by atoms with Gasteiger partial charge in [0.05, 0.1) is 24.6 Å². The predicted octanol–water partition coefficient (Wildman–Crippen LogP) is 15.6. The van der Waals surface area contributed by atoms with E-state index in [0.717, 1.165) is 0 Å². The lowest BCUT2D eigenvalue weighted by Crippen LogP contribution is -2.13. The summed E-state index contributed by atoms with van der Waals surface area (Å²) in [7, 11) is -0.756. The molecule has 0 nitrogen and oxygen atoms in total. The molecular weight excluding hydrogens is 511 g/mol. The quantitative estimate of drug-likeness (QED) is 0.0499. The molecule has 0 aliphatic heterocycles. The van der Waals surface area contributed by atoms with Crippen LogP contribution in [0.1, 0.15) is 233 Å². The Morgan fingerprint density at radius 1 is 0.195 bits per heavy atom. The van der Waals surface area contributed by atoms with Crippen LogP contribution in [0.2, 0.25) is 0 Å². The first-order valence-corrected chi connectivity index (χ1v) is 22.6. The third-order valence-corrected chi connectivity index (χ3v) is 15.0. The molecule has 0 unspecified atom stereocenters. The molecule has 0 saturated carbocycles. The molecule has 0 amide bonds. The van der Waals surface area contributed by atoms with Gasteiger partial charge in [-0.3, -0.25) is 0 Å². The minimum absolute atomic E-state index is 0.756. The maximum atomic E-state index is 2.37. The Balaban J connectivity index is 4.73. The molecule has 0 rings (SSSR count). The van der Waals surface area contributed by atoms with Crippen molar-refractivity contribution in [1.82, 2.24) is 0 Å². The molecule has 0 aromatic heterocycles. The average molecular weight is 596 g/mol. The van der Waals surface area contributed by atoms with Crippen LogP contribution in [0.3, 0.4) is 0 Å². The summed E-state index contributed by atoms with van der Waals surface area (Å²) < 4.78 is 0. The van der Waals surface area contributed by atoms with E-state index in [0.29, 0.717) is 0 Å². The van der Waals surface area contributed by atoms with Gasteiger partial charge in [0.1, 0.15) is 0 Å². The maximum Gasteiger partial charge on any atom is 0.0594 e. The van der Waals surface area contributed by atoms with Crippen LogP contribution in [0.5, 0.6) is 0 Å². The lowest BCUT2D eigenvalue weighted by molar-refractivity contribution is 0.568. The standard InChI is InChI=1S/C40H84P/c1-5-9-13-17-20-23-26-30-34-38-41(37-33-29-16-12-8-4,39-35-31-27-24-21-18-14-10-6-2)40-36-32-28-25-22-19-15-11-7-3/h5-40H2,1-4H3/q+1. The van der Waals surface area contributed by atoms with Gasteiger partial charge in [0.25, 0.3) is 0 Å². The lowest BCUT2D eigenvalue weighted by atomic mass is 10.1. The van der Waals surface area contributed by atoms with Crippen molar-refractivity contribution in [3.8, 4) is 0 Å². The van der Waals surface area contributed by atoms with Crippen molar-refractivity contribution in [3.05, 3.63) is 0 Å². The monoisotopic (exact) mass is 596 g/mol. The number of unbranched alkanes of at least 4 members (excludes halogenated alkanes) is 28. The smallest absolute Gasteiger partial charge is 0.0594 e. The maximum absolute atomic E-state index is 2.37. The van der Waals surface area contributed by atoms with E-state index in [4.69, 9.17) is 0 Å². The van der Waals surface area contributed by atoms with Crippen molar-refractivity contribution in [2.75, 3.05) is 24.6 Å². The number of rotatable bonds is 36. The van der Waals surface area contributed by atoms with E-state index in [1.54, 1.807) is 50.3 Å². The second-order valence-corrected chi connectivity index (χ2v) is 18.6. The molecule has 41 heavy (non-hydrogen) atoms. The summed E-state index contributed by atoms with van der Waals surface area (Å²) in [6.45, 7) is 9.38. The van der Waals surface area contributed by atoms with Crippen molar-refractivity contribution >= 4 is 7.26 Å². The Morgan fingerprint density at radius 3 is 0.512 bits per heavy atom. The summed E-state index contributed by atoms with van der Waals surface area (Å²) in [4.78, 5) is 0. The van der Waals surface area contributed by atoms with Gasteiger partial charge in [-0.15, -0.1) is 0 Å². The third kappa shape index (κ3) is 30.2. The molecule has 0 aromatic rings. The first-order chi connectivity index (χ1) is 20.2. The molecular formula is C40H84P+. The molecule has 1 heteroatoms. The van der Waals surface area contributed by atoms with Crippen molar-refractivity contribution in [2.45, 2.75) is 233 Å². The Hall–Kier alpha value is 0.430. The van der Waals surface area contributed by atoms with Crippen molar-refractivity contribution in [2.24, 2.45) is 0 Å². The minimum Gasteiger partial charge on any atom is -0.0654 e. The lowest BCUT2D eigenvalue weighted by Gasteiger charge is -2.28. The first-order valence-electron chi connectivity index (χ1n) is 20.1. The van der Waals surface area contributed by atoms with Crippen molar-refractivity contribution in [3.63, 3.8) is 0 Å². The van der Waals surface area contributed by atoms with Gasteiger partial charge < -0.3 is 0 Å². The van der Waals surface area contributed by atoms with E-state index >= 15 is 0 Å².